The summed E-state index contributed by atoms with van der Waals surface area (Å²) in [6, 6.07) is 16.3. The number of hydrogen-bond acceptors (Lipinski definition) is 5. The summed E-state index contributed by atoms with van der Waals surface area (Å²) in [5.74, 6) is 0.558. The quantitative estimate of drug-likeness (QED) is 0.476. The van der Waals surface area contributed by atoms with Gasteiger partial charge in [-0.3, -0.25) is 14.7 Å². The standard InChI is InChI=1S/C22H25N5O2S/c1-14(2)19(24-21(29)16-7-5-4-6-8-16)20-25-22(27-26-20)30-13-18(28)23-17-11-9-15(3)10-12-17/h4-12,14,19H,13H2,1-3H3,(H,23,28)(H,24,29)(H,25,26,27). The van der Waals surface area contributed by atoms with Gasteiger partial charge in [-0.1, -0.05) is 61.5 Å². The molecule has 0 aliphatic rings. The van der Waals surface area contributed by atoms with Crippen LogP contribution in [-0.4, -0.2) is 32.7 Å². The predicted octanol–water partition coefficient (Wildman–Crippen LogP) is 3.97. The second-order valence-electron chi connectivity index (χ2n) is 7.27. The summed E-state index contributed by atoms with van der Waals surface area (Å²) in [7, 11) is 0. The van der Waals surface area contributed by atoms with E-state index in [4.69, 9.17) is 0 Å². The summed E-state index contributed by atoms with van der Waals surface area (Å²) in [5, 5.41) is 13.4. The van der Waals surface area contributed by atoms with E-state index in [-0.39, 0.29) is 29.5 Å². The topological polar surface area (TPSA) is 99.8 Å². The molecule has 2 aromatic carbocycles. The Morgan fingerprint density at radius 1 is 1.07 bits per heavy atom. The van der Waals surface area contributed by atoms with Crippen LogP contribution in [0.1, 0.15) is 41.6 Å². The van der Waals surface area contributed by atoms with Gasteiger partial charge in [-0.15, -0.1) is 5.10 Å². The van der Waals surface area contributed by atoms with Crippen molar-refractivity contribution < 1.29 is 9.59 Å². The van der Waals surface area contributed by atoms with Crippen molar-refractivity contribution in [1.29, 1.82) is 0 Å². The number of hydrogen-bond donors (Lipinski definition) is 3. The van der Waals surface area contributed by atoms with Gasteiger partial charge in [-0.25, -0.2) is 4.98 Å². The molecule has 0 saturated carbocycles. The van der Waals surface area contributed by atoms with Crippen molar-refractivity contribution in [1.82, 2.24) is 20.5 Å². The Balaban J connectivity index is 1.58. The Morgan fingerprint density at radius 3 is 2.43 bits per heavy atom. The molecule has 1 unspecified atom stereocenters. The number of aromatic amines is 1. The minimum Gasteiger partial charge on any atom is -0.342 e. The first-order valence-electron chi connectivity index (χ1n) is 9.70. The number of amides is 2. The Morgan fingerprint density at radius 2 is 1.77 bits per heavy atom. The molecule has 0 aliphatic carbocycles. The second kappa shape index (κ2) is 10.1. The van der Waals surface area contributed by atoms with E-state index in [1.807, 2.05) is 63.2 Å². The molecule has 1 aromatic heterocycles. The number of rotatable bonds is 8. The van der Waals surface area contributed by atoms with Crippen molar-refractivity contribution in [2.24, 2.45) is 5.92 Å². The van der Waals surface area contributed by atoms with Crippen LogP contribution in [0.3, 0.4) is 0 Å². The van der Waals surface area contributed by atoms with Crippen LogP contribution in [0.2, 0.25) is 0 Å². The van der Waals surface area contributed by atoms with E-state index >= 15 is 0 Å². The van der Waals surface area contributed by atoms with Crippen molar-refractivity contribution in [3.05, 3.63) is 71.5 Å². The number of nitrogens with one attached hydrogen (secondary N) is 3. The molecule has 1 heterocycles. The highest BCUT2D eigenvalue weighted by Crippen LogP contribution is 2.22. The zero-order valence-electron chi connectivity index (χ0n) is 17.2. The van der Waals surface area contributed by atoms with E-state index in [1.54, 1.807) is 12.1 Å². The lowest BCUT2D eigenvalue weighted by atomic mass is 10.0. The van der Waals surface area contributed by atoms with Crippen LogP contribution in [-0.2, 0) is 4.79 Å². The van der Waals surface area contributed by atoms with Gasteiger partial charge in [0.15, 0.2) is 0 Å². The first kappa shape index (κ1) is 21.6. The molecule has 0 spiro atoms. The van der Waals surface area contributed by atoms with Crippen LogP contribution < -0.4 is 10.6 Å². The zero-order valence-corrected chi connectivity index (χ0v) is 18.0. The molecule has 7 nitrogen and oxygen atoms in total. The monoisotopic (exact) mass is 423 g/mol. The molecule has 3 N–H and O–H groups in total. The smallest absolute Gasteiger partial charge is 0.251 e. The predicted molar refractivity (Wildman–Crippen MR) is 118 cm³/mol. The van der Waals surface area contributed by atoms with E-state index in [9.17, 15) is 9.59 Å². The number of carbonyl (C=O) groups is 2. The van der Waals surface area contributed by atoms with Crippen LogP contribution in [0.15, 0.2) is 59.8 Å². The maximum atomic E-state index is 12.5. The normalized spacial score (nSPS) is 11.9. The molecule has 8 heteroatoms. The molecule has 3 aromatic rings. The third-order valence-corrected chi connectivity index (χ3v) is 5.28. The summed E-state index contributed by atoms with van der Waals surface area (Å²) in [6.07, 6.45) is 0. The van der Waals surface area contributed by atoms with Gasteiger partial charge in [-0.2, -0.15) is 0 Å². The molecule has 3 rings (SSSR count). The summed E-state index contributed by atoms with van der Waals surface area (Å²) < 4.78 is 0. The van der Waals surface area contributed by atoms with Crippen molar-refractivity contribution in [3.8, 4) is 0 Å². The largest absolute Gasteiger partial charge is 0.342 e. The molecule has 0 bridgehead atoms. The minimum absolute atomic E-state index is 0.105. The van der Waals surface area contributed by atoms with Gasteiger partial charge in [0.1, 0.15) is 5.82 Å². The third-order valence-electron chi connectivity index (χ3n) is 4.43. The fourth-order valence-corrected chi connectivity index (χ4v) is 3.40. The Bertz CT molecular complexity index is 986. The molecular formula is C22H25N5O2S. The number of H-pyrrole nitrogens is 1. The van der Waals surface area contributed by atoms with E-state index in [0.717, 1.165) is 11.3 Å². The first-order valence-corrected chi connectivity index (χ1v) is 10.7. The average Bonchev–Trinajstić information content (AvgIpc) is 3.21. The highest BCUT2D eigenvalue weighted by Gasteiger charge is 2.23. The van der Waals surface area contributed by atoms with Crippen molar-refractivity contribution in [3.63, 3.8) is 0 Å². The molecule has 156 valence electrons. The molecular weight excluding hydrogens is 398 g/mol. The second-order valence-corrected chi connectivity index (χ2v) is 8.21. The maximum absolute atomic E-state index is 12.5. The van der Waals surface area contributed by atoms with Gasteiger partial charge in [0, 0.05) is 11.3 Å². The fourth-order valence-electron chi connectivity index (χ4n) is 2.79. The van der Waals surface area contributed by atoms with Crippen LogP contribution in [0.25, 0.3) is 0 Å². The van der Waals surface area contributed by atoms with Gasteiger partial charge in [0.2, 0.25) is 11.1 Å². The fraction of sp³-hybridized carbons (Fsp3) is 0.273. The molecule has 1 atom stereocenters. The van der Waals surface area contributed by atoms with Crippen LogP contribution in [0, 0.1) is 12.8 Å². The van der Waals surface area contributed by atoms with Crippen molar-refractivity contribution >= 4 is 29.3 Å². The summed E-state index contributed by atoms with van der Waals surface area (Å²) >= 11 is 1.24. The zero-order chi connectivity index (χ0) is 21.5. The van der Waals surface area contributed by atoms with Crippen LogP contribution in [0.4, 0.5) is 5.69 Å². The Kier molecular flexibility index (Phi) is 7.24. The van der Waals surface area contributed by atoms with E-state index < -0.39 is 0 Å². The first-order chi connectivity index (χ1) is 14.4. The highest BCUT2D eigenvalue weighted by molar-refractivity contribution is 7.99. The third kappa shape index (κ3) is 5.93. The van der Waals surface area contributed by atoms with Gasteiger partial charge in [-0.05, 0) is 37.1 Å². The summed E-state index contributed by atoms with van der Waals surface area (Å²) in [5.41, 5.74) is 2.48. The highest BCUT2D eigenvalue weighted by atomic mass is 32.2. The van der Waals surface area contributed by atoms with Crippen molar-refractivity contribution in [2.75, 3.05) is 11.1 Å². The lowest BCUT2D eigenvalue weighted by Gasteiger charge is -2.19. The number of anilines is 1. The molecule has 0 aliphatic heterocycles. The molecule has 0 saturated heterocycles. The van der Waals surface area contributed by atoms with E-state index in [0.29, 0.717) is 16.5 Å². The lowest BCUT2D eigenvalue weighted by molar-refractivity contribution is -0.113. The van der Waals surface area contributed by atoms with E-state index in [1.165, 1.54) is 11.8 Å². The molecule has 0 fully saturated rings. The lowest BCUT2D eigenvalue weighted by Crippen LogP contribution is -2.32. The van der Waals surface area contributed by atoms with Crippen LogP contribution in [0.5, 0.6) is 0 Å². The van der Waals surface area contributed by atoms with Crippen LogP contribution >= 0.6 is 11.8 Å². The average molecular weight is 424 g/mol. The minimum atomic E-state index is -0.319. The van der Waals surface area contributed by atoms with Gasteiger partial charge >= 0.3 is 0 Å². The maximum Gasteiger partial charge on any atom is 0.251 e. The van der Waals surface area contributed by atoms with Gasteiger partial charge < -0.3 is 10.6 Å². The number of thioether (sulfide) groups is 1. The number of benzene rings is 2. The van der Waals surface area contributed by atoms with Gasteiger partial charge in [0.05, 0.1) is 11.8 Å². The Hall–Kier alpha value is -3.13. The summed E-state index contributed by atoms with van der Waals surface area (Å²) in [4.78, 5) is 29.2. The van der Waals surface area contributed by atoms with Gasteiger partial charge in [0.25, 0.3) is 5.91 Å². The van der Waals surface area contributed by atoms with Crippen molar-refractivity contribution in [2.45, 2.75) is 32.0 Å². The molecule has 2 amide bonds. The molecule has 0 radical (unpaired) electrons. The summed E-state index contributed by atoms with van der Waals surface area (Å²) in [6.45, 7) is 6.00. The number of carbonyl (C=O) groups excluding carboxylic acids is 2. The Labute approximate surface area is 180 Å². The number of nitrogens with zero attached hydrogens (tertiary/aromatic N) is 2. The van der Waals surface area contributed by atoms with E-state index in [2.05, 4.69) is 25.8 Å². The number of aromatic nitrogens is 3. The number of aryl methyl sites for hydroxylation is 1. The SMILES string of the molecule is Cc1ccc(NC(=O)CSc2n[nH]c(C(NC(=O)c3ccccc3)C(C)C)n2)cc1. The molecule has 30 heavy (non-hydrogen) atoms.